The van der Waals surface area contributed by atoms with Gasteiger partial charge in [0.15, 0.2) is 0 Å². The van der Waals surface area contributed by atoms with Crippen LogP contribution in [0.15, 0.2) is 67.0 Å². The zero-order valence-electron chi connectivity index (χ0n) is 16.4. The number of hydrogen-bond donors (Lipinski definition) is 1. The number of aromatic nitrogens is 3. The van der Waals surface area contributed by atoms with Crippen LogP contribution in [0.4, 0.5) is 5.13 Å². The molecule has 1 N–H and O–H groups in total. The van der Waals surface area contributed by atoms with E-state index in [1.165, 1.54) is 11.3 Å². The molecule has 0 aliphatic heterocycles. The molecule has 0 bridgehead atoms. The van der Waals surface area contributed by atoms with Gasteiger partial charge < -0.3 is 4.74 Å². The van der Waals surface area contributed by atoms with Crippen molar-refractivity contribution >= 4 is 46.1 Å². The van der Waals surface area contributed by atoms with Gasteiger partial charge in [-0.3, -0.25) is 15.1 Å². The molecule has 0 aliphatic carbocycles. The zero-order valence-corrected chi connectivity index (χ0v) is 18.0. The van der Waals surface area contributed by atoms with Gasteiger partial charge in [-0.1, -0.05) is 59.3 Å². The molecular formula is C23H17ClN4O2S. The monoisotopic (exact) mass is 448 g/mol. The van der Waals surface area contributed by atoms with Crippen molar-refractivity contribution in [3.05, 3.63) is 88.1 Å². The third kappa shape index (κ3) is 4.96. The number of carbonyl (C=O) groups is 1. The smallest absolute Gasteiger partial charge is 0.258 e. The number of pyridine rings is 1. The van der Waals surface area contributed by atoms with Crippen molar-refractivity contribution in [1.29, 1.82) is 0 Å². The van der Waals surface area contributed by atoms with Crippen molar-refractivity contribution in [2.45, 2.75) is 0 Å². The van der Waals surface area contributed by atoms with E-state index in [1.54, 1.807) is 25.6 Å². The third-order valence-electron chi connectivity index (χ3n) is 4.41. The minimum absolute atomic E-state index is 0.298. The Bertz CT molecular complexity index is 1240. The molecule has 8 heteroatoms. The first-order valence-electron chi connectivity index (χ1n) is 9.30. The number of carbonyl (C=O) groups excluding carboxylic acids is 1. The predicted octanol–water partition coefficient (Wildman–Crippen LogP) is 5.68. The number of halogens is 1. The molecule has 31 heavy (non-hydrogen) atoms. The summed E-state index contributed by atoms with van der Waals surface area (Å²) in [7, 11) is 1.59. The Balaban J connectivity index is 1.53. The highest BCUT2D eigenvalue weighted by atomic mass is 35.5. The molecule has 0 fully saturated rings. The van der Waals surface area contributed by atoms with Gasteiger partial charge in [0.2, 0.25) is 5.13 Å². The number of nitrogens with zero attached hydrogens (tertiary/aromatic N) is 3. The number of methoxy groups -OCH3 is 1. The van der Waals surface area contributed by atoms with Crippen LogP contribution in [0.5, 0.6) is 5.75 Å². The summed E-state index contributed by atoms with van der Waals surface area (Å²) in [5.74, 6) is 0.364. The van der Waals surface area contributed by atoms with Crippen LogP contribution in [0, 0.1) is 0 Å². The second-order valence-corrected chi connectivity index (χ2v) is 7.85. The van der Waals surface area contributed by atoms with Crippen molar-refractivity contribution in [2.24, 2.45) is 0 Å². The van der Waals surface area contributed by atoms with Crippen molar-refractivity contribution in [2.75, 3.05) is 12.4 Å². The van der Waals surface area contributed by atoms with Crippen LogP contribution in [-0.4, -0.2) is 28.2 Å². The van der Waals surface area contributed by atoms with E-state index >= 15 is 0 Å². The van der Waals surface area contributed by atoms with Gasteiger partial charge in [-0.25, -0.2) is 0 Å². The summed E-state index contributed by atoms with van der Waals surface area (Å²) in [6.07, 6.45) is 6.97. The van der Waals surface area contributed by atoms with E-state index in [9.17, 15) is 4.79 Å². The molecule has 1 amide bonds. The number of rotatable bonds is 6. The molecule has 154 valence electrons. The van der Waals surface area contributed by atoms with Gasteiger partial charge in [0.1, 0.15) is 10.8 Å². The number of para-hydroxylation sites is 1. The summed E-state index contributed by atoms with van der Waals surface area (Å²) < 4.78 is 5.43. The fourth-order valence-electron chi connectivity index (χ4n) is 2.93. The molecule has 0 spiro atoms. The molecule has 6 nitrogen and oxygen atoms in total. The van der Waals surface area contributed by atoms with Gasteiger partial charge in [0.05, 0.1) is 12.7 Å². The van der Waals surface area contributed by atoms with Crippen molar-refractivity contribution in [3.8, 4) is 16.9 Å². The average Bonchev–Trinajstić information content (AvgIpc) is 3.26. The van der Waals surface area contributed by atoms with Crippen molar-refractivity contribution < 1.29 is 9.53 Å². The fraction of sp³-hybridized carbons (Fsp3) is 0.0435. The molecule has 0 saturated carbocycles. The van der Waals surface area contributed by atoms with Crippen LogP contribution < -0.4 is 10.1 Å². The van der Waals surface area contributed by atoms with E-state index in [2.05, 4.69) is 20.5 Å². The summed E-state index contributed by atoms with van der Waals surface area (Å²) in [4.78, 5) is 17.1. The standard InChI is InChI=1S/C23H17ClN4O2S/c1-30-20-5-3-2-4-17(20)19-14-25-13-12-18(19)22(29)26-23-28-27-21(31-23)11-8-15-6-9-16(24)10-7-15/h2-14H,1H3,(H,26,28,29)/b11-8+. The summed E-state index contributed by atoms with van der Waals surface area (Å²) in [6, 6.07) is 16.6. The lowest BCUT2D eigenvalue weighted by atomic mass is 10.0. The van der Waals surface area contributed by atoms with Gasteiger partial charge in [-0.05, 0) is 35.9 Å². The lowest BCUT2D eigenvalue weighted by Crippen LogP contribution is -2.13. The summed E-state index contributed by atoms with van der Waals surface area (Å²) in [5, 5.41) is 12.8. The molecule has 0 saturated heterocycles. The maximum atomic E-state index is 13.0. The second-order valence-electron chi connectivity index (χ2n) is 6.41. The average molecular weight is 449 g/mol. The van der Waals surface area contributed by atoms with E-state index in [1.807, 2.05) is 60.7 Å². The highest BCUT2D eigenvalue weighted by Gasteiger charge is 2.17. The van der Waals surface area contributed by atoms with Gasteiger partial charge in [-0.2, -0.15) is 0 Å². The highest BCUT2D eigenvalue weighted by Crippen LogP contribution is 2.32. The van der Waals surface area contributed by atoms with E-state index in [4.69, 9.17) is 16.3 Å². The summed E-state index contributed by atoms with van der Waals surface area (Å²) in [6.45, 7) is 0. The van der Waals surface area contributed by atoms with E-state index in [-0.39, 0.29) is 5.91 Å². The lowest BCUT2D eigenvalue weighted by Gasteiger charge is -2.11. The molecule has 0 radical (unpaired) electrons. The largest absolute Gasteiger partial charge is 0.496 e. The molecular weight excluding hydrogens is 432 g/mol. The summed E-state index contributed by atoms with van der Waals surface area (Å²) in [5.41, 5.74) is 2.91. The van der Waals surface area contributed by atoms with Gasteiger partial charge >= 0.3 is 0 Å². The predicted molar refractivity (Wildman–Crippen MR) is 124 cm³/mol. The topological polar surface area (TPSA) is 77.0 Å². The Morgan fingerprint density at radius 3 is 2.65 bits per heavy atom. The van der Waals surface area contributed by atoms with Crippen LogP contribution in [0.25, 0.3) is 23.3 Å². The van der Waals surface area contributed by atoms with Crippen LogP contribution in [0.2, 0.25) is 5.02 Å². The molecule has 0 aliphatic rings. The fourth-order valence-corrected chi connectivity index (χ4v) is 3.70. The Morgan fingerprint density at radius 2 is 1.84 bits per heavy atom. The number of nitrogens with one attached hydrogen (secondary N) is 1. The Morgan fingerprint density at radius 1 is 1.03 bits per heavy atom. The van der Waals surface area contributed by atoms with Crippen molar-refractivity contribution in [1.82, 2.24) is 15.2 Å². The molecule has 0 unspecified atom stereocenters. The molecule has 2 aromatic carbocycles. The maximum Gasteiger partial charge on any atom is 0.258 e. The van der Waals surface area contributed by atoms with E-state index in [0.717, 1.165) is 11.1 Å². The maximum absolute atomic E-state index is 13.0. The highest BCUT2D eigenvalue weighted by molar-refractivity contribution is 7.16. The Hall–Kier alpha value is -3.55. The third-order valence-corrected chi connectivity index (χ3v) is 5.47. The first-order valence-corrected chi connectivity index (χ1v) is 10.5. The van der Waals surface area contributed by atoms with Crippen LogP contribution in [0.1, 0.15) is 20.9 Å². The van der Waals surface area contributed by atoms with Gasteiger partial charge in [-0.15, -0.1) is 10.2 Å². The Labute approximate surface area is 188 Å². The first kappa shape index (κ1) is 20.7. The quantitative estimate of drug-likeness (QED) is 0.410. The second kappa shape index (κ2) is 9.51. The van der Waals surface area contributed by atoms with Crippen LogP contribution in [-0.2, 0) is 0 Å². The molecule has 0 atom stereocenters. The number of benzene rings is 2. The Kier molecular flexibility index (Phi) is 6.35. The minimum atomic E-state index is -0.298. The summed E-state index contributed by atoms with van der Waals surface area (Å²) >= 11 is 7.18. The van der Waals surface area contributed by atoms with E-state index < -0.39 is 0 Å². The minimum Gasteiger partial charge on any atom is -0.496 e. The number of hydrogen-bond acceptors (Lipinski definition) is 6. The van der Waals surface area contributed by atoms with Crippen molar-refractivity contribution in [3.63, 3.8) is 0 Å². The normalized spacial score (nSPS) is 10.9. The molecule has 2 aromatic heterocycles. The zero-order chi connectivity index (χ0) is 21.6. The first-order chi connectivity index (χ1) is 15.1. The van der Waals surface area contributed by atoms with Gasteiger partial charge in [0, 0.05) is 28.5 Å². The molecule has 4 rings (SSSR count). The number of anilines is 1. The van der Waals surface area contributed by atoms with Gasteiger partial charge in [0.25, 0.3) is 5.91 Å². The molecule has 2 heterocycles. The number of amides is 1. The lowest BCUT2D eigenvalue weighted by molar-refractivity contribution is 0.102. The number of ether oxygens (including phenoxy) is 1. The van der Waals surface area contributed by atoms with E-state index in [0.29, 0.717) is 32.0 Å². The van der Waals surface area contributed by atoms with Crippen LogP contribution in [0.3, 0.4) is 0 Å². The van der Waals surface area contributed by atoms with Crippen LogP contribution >= 0.6 is 22.9 Å². The molecule has 4 aromatic rings. The SMILES string of the molecule is COc1ccccc1-c1cnccc1C(=O)Nc1nnc(/C=C/c2ccc(Cl)cc2)s1.